The van der Waals surface area contributed by atoms with E-state index in [1.807, 2.05) is 18.2 Å². The molecule has 1 fully saturated rings. The fraction of sp³-hybridized carbons (Fsp3) is 0.438. The summed E-state index contributed by atoms with van der Waals surface area (Å²) >= 11 is 6.14. The molecule has 1 aromatic heterocycles. The highest BCUT2D eigenvalue weighted by Crippen LogP contribution is 2.19. The Labute approximate surface area is 145 Å². The van der Waals surface area contributed by atoms with E-state index in [9.17, 15) is 9.90 Å². The summed E-state index contributed by atoms with van der Waals surface area (Å²) in [7, 11) is 0. The first-order valence-electron chi connectivity index (χ1n) is 7.91. The summed E-state index contributed by atoms with van der Waals surface area (Å²) in [5.74, 6) is -0.134. The number of aromatic nitrogens is 3. The van der Waals surface area contributed by atoms with Crippen LogP contribution in [0.3, 0.4) is 0 Å². The van der Waals surface area contributed by atoms with Crippen LogP contribution in [0, 0.1) is 0 Å². The summed E-state index contributed by atoms with van der Waals surface area (Å²) in [5.41, 5.74) is 0.992. The molecule has 1 aliphatic rings. The van der Waals surface area contributed by atoms with Crippen molar-refractivity contribution in [3.8, 4) is 5.69 Å². The van der Waals surface area contributed by atoms with Crippen LogP contribution in [0.5, 0.6) is 0 Å². The number of hydrogen-bond donors (Lipinski definition) is 1. The van der Waals surface area contributed by atoms with Gasteiger partial charge in [-0.25, -0.2) is 4.68 Å². The van der Waals surface area contributed by atoms with E-state index in [4.69, 9.17) is 11.6 Å². The van der Waals surface area contributed by atoms with Crippen molar-refractivity contribution in [2.75, 3.05) is 32.7 Å². The molecule has 24 heavy (non-hydrogen) atoms. The number of carbonyl (C=O) groups excluding carboxylic acids is 1. The van der Waals surface area contributed by atoms with Crippen LogP contribution >= 0.6 is 11.6 Å². The van der Waals surface area contributed by atoms with E-state index in [1.54, 1.807) is 24.1 Å². The summed E-state index contributed by atoms with van der Waals surface area (Å²) in [6.07, 6.45) is 1.24. The Bertz CT molecular complexity index is 710. The maximum atomic E-state index is 12.6. The molecule has 3 rings (SSSR count). The number of benzene rings is 1. The van der Waals surface area contributed by atoms with Crippen LogP contribution in [-0.4, -0.2) is 74.6 Å². The molecule has 1 amide bonds. The number of amides is 1. The van der Waals surface area contributed by atoms with Gasteiger partial charge in [-0.05, 0) is 19.1 Å². The van der Waals surface area contributed by atoms with Crippen LogP contribution in [0.4, 0.5) is 0 Å². The normalized spacial score (nSPS) is 17.0. The minimum absolute atomic E-state index is 0.134. The predicted octanol–water partition coefficient (Wildman–Crippen LogP) is 1.06. The Morgan fingerprint density at radius 2 is 2.00 bits per heavy atom. The summed E-state index contributed by atoms with van der Waals surface area (Å²) in [5, 5.41) is 18.0. The third-order valence-electron chi connectivity index (χ3n) is 3.99. The van der Waals surface area contributed by atoms with Crippen molar-refractivity contribution >= 4 is 17.5 Å². The lowest BCUT2D eigenvalue weighted by Gasteiger charge is -2.34. The second kappa shape index (κ2) is 7.29. The number of nitrogens with zero attached hydrogens (tertiary/aromatic N) is 5. The maximum absolute atomic E-state index is 12.6. The Kier molecular flexibility index (Phi) is 5.13. The van der Waals surface area contributed by atoms with Crippen LogP contribution < -0.4 is 0 Å². The Hall–Kier alpha value is -1.96. The molecule has 2 aromatic rings. The topological polar surface area (TPSA) is 74.5 Å². The van der Waals surface area contributed by atoms with Gasteiger partial charge in [-0.2, -0.15) is 0 Å². The SMILES string of the molecule is C[C@H](O)CN1CCN(C(=O)c2cn(-c3ccccc3Cl)nn2)CC1. The largest absolute Gasteiger partial charge is 0.392 e. The van der Waals surface area contributed by atoms with Gasteiger partial charge in [0, 0.05) is 32.7 Å². The van der Waals surface area contributed by atoms with Gasteiger partial charge in [0.15, 0.2) is 5.69 Å². The molecular weight excluding hydrogens is 330 g/mol. The highest BCUT2D eigenvalue weighted by atomic mass is 35.5. The fourth-order valence-electron chi connectivity index (χ4n) is 2.79. The zero-order valence-corrected chi connectivity index (χ0v) is 14.2. The Morgan fingerprint density at radius 3 is 2.67 bits per heavy atom. The lowest BCUT2D eigenvalue weighted by Crippen LogP contribution is -2.50. The molecule has 8 heteroatoms. The molecule has 0 aliphatic carbocycles. The number of aliphatic hydroxyl groups excluding tert-OH is 1. The molecule has 1 aliphatic heterocycles. The lowest BCUT2D eigenvalue weighted by atomic mass is 10.2. The third kappa shape index (κ3) is 3.75. The van der Waals surface area contributed by atoms with E-state index >= 15 is 0 Å². The number of piperazine rings is 1. The van der Waals surface area contributed by atoms with Crippen LogP contribution in [0.1, 0.15) is 17.4 Å². The molecule has 0 unspecified atom stereocenters. The monoisotopic (exact) mass is 349 g/mol. The number of carbonyl (C=O) groups is 1. The van der Waals surface area contributed by atoms with Gasteiger partial charge in [-0.1, -0.05) is 28.9 Å². The summed E-state index contributed by atoms with van der Waals surface area (Å²) in [4.78, 5) is 16.5. The maximum Gasteiger partial charge on any atom is 0.276 e. The minimum atomic E-state index is -0.359. The highest BCUT2D eigenvalue weighted by molar-refractivity contribution is 6.32. The molecule has 1 N–H and O–H groups in total. The van der Waals surface area contributed by atoms with Crippen LogP contribution in [0.2, 0.25) is 5.02 Å². The van der Waals surface area contributed by atoms with E-state index in [-0.39, 0.29) is 12.0 Å². The van der Waals surface area contributed by atoms with Crippen LogP contribution in [0.25, 0.3) is 5.69 Å². The average molecular weight is 350 g/mol. The number of β-amino-alcohol motifs (C(OH)–C–C–N with tert-alkyl or cyclic N) is 1. The van der Waals surface area contributed by atoms with E-state index in [0.717, 1.165) is 13.1 Å². The molecule has 1 atom stereocenters. The zero-order valence-electron chi connectivity index (χ0n) is 13.5. The fourth-order valence-corrected chi connectivity index (χ4v) is 3.01. The van der Waals surface area contributed by atoms with Crippen molar-refractivity contribution in [2.45, 2.75) is 13.0 Å². The quantitative estimate of drug-likeness (QED) is 0.893. The second-order valence-electron chi connectivity index (χ2n) is 5.94. The summed E-state index contributed by atoms with van der Waals surface area (Å²) in [6, 6.07) is 7.27. The first-order chi connectivity index (χ1) is 11.5. The molecule has 7 nitrogen and oxygen atoms in total. The molecule has 2 heterocycles. The van der Waals surface area contributed by atoms with Crippen LogP contribution in [0.15, 0.2) is 30.5 Å². The molecular formula is C16H20ClN5O2. The van der Waals surface area contributed by atoms with Gasteiger partial charge in [0.25, 0.3) is 5.91 Å². The molecule has 0 radical (unpaired) electrons. The van der Waals surface area contributed by atoms with Gasteiger partial charge in [-0.15, -0.1) is 5.10 Å². The second-order valence-corrected chi connectivity index (χ2v) is 6.35. The smallest absolute Gasteiger partial charge is 0.276 e. The molecule has 128 valence electrons. The first kappa shape index (κ1) is 16.9. The van der Waals surface area contributed by atoms with E-state index in [0.29, 0.717) is 36.0 Å². The van der Waals surface area contributed by atoms with Gasteiger partial charge in [0.1, 0.15) is 0 Å². The Morgan fingerprint density at radius 1 is 1.29 bits per heavy atom. The molecule has 1 saturated heterocycles. The predicted molar refractivity (Wildman–Crippen MR) is 90.4 cm³/mol. The van der Waals surface area contributed by atoms with E-state index in [2.05, 4.69) is 15.2 Å². The van der Waals surface area contributed by atoms with Gasteiger partial charge in [0.05, 0.1) is 23.0 Å². The average Bonchev–Trinajstić information content (AvgIpc) is 3.04. The van der Waals surface area contributed by atoms with E-state index in [1.165, 1.54) is 4.68 Å². The molecule has 0 bridgehead atoms. The number of aliphatic hydroxyl groups is 1. The van der Waals surface area contributed by atoms with E-state index < -0.39 is 0 Å². The van der Waals surface area contributed by atoms with Gasteiger partial charge in [-0.3, -0.25) is 9.69 Å². The number of hydrogen-bond acceptors (Lipinski definition) is 5. The number of halogens is 1. The number of rotatable bonds is 4. The molecule has 0 saturated carbocycles. The van der Waals surface area contributed by atoms with Crippen molar-refractivity contribution in [3.63, 3.8) is 0 Å². The van der Waals surface area contributed by atoms with Gasteiger partial charge >= 0.3 is 0 Å². The van der Waals surface area contributed by atoms with Crippen LogP contribution in [-0.2, 0) is 0 Å². The standard InChI is InChI=1S/C16H20ClN5O2/c1-12(23)10-20-6-8-21(9-7-20)16(24)14-11-22(19-18-14)15-5-3-2-4-13(15)17/h2-5,11-12,23H,6-10H2,1H3/t12-/m0/s1. The minimum Gasteiger partial charge on any atom is -0.392 e. The van der Waals surface area contributed by atoms with Crippen molar-refractivity contribution in [1.82, 2.24) is 24.8 Å². The third-order valence-corrected chi connectivity index (χ3v) is 4.31. The highest BCUT2D eigenvalue weighted by Gasteiger charge is 2.24. The van der Waals surface area contributed by atoms with Crippen molar-refractivity contribution in [2.24, 2.45) is 0 Å². The Balaban J connectivity index is 1.66. The van der Waals surface area contributed by atoms with Crippen molar-refractivity contribution in [3.05, 3.63) is 41.2 Å². The van der Waals surface area contributed by atoms with Crippen molar-refractivity contribution in [1.29, 1.82) is 0 Å². The van der Waals surface area contributed by atoms with Crippen molar-refractivity contribution < 1.29 is 9.90 Å². The van der Waals surface area contributed by atoms with Gasteiger partial charge in [0.2, 0.25) is 0 Å². The lowest BCUT2D eigenvalue weighted by molar-refractivity contribution is 0.0549. The van der Waals surface area contributed by atoms with Gasteiger partial charge < -0.3 is 10.0 Å². The summed E-state index contributed by atoms with van der Waals surface area (Å²) in [6.45, 7) is 5.12. The molecule has 0 spiro atoms. The number of para-hydroxylation sites is 1. The first-order valence-corrected chi connectivity index (χ1v) is 8.29. The molecule has 1 aromatic carbocycles. The zero-order chi connectivity index (χ0) is 17.1. The summed E-state index contributed by atoms with van der Waals surface area (Å²) < 4.78 is 1.51.